The largest absolute Gasteiger partial charge is 0.297 e. The average molecular weight is 242 g/mol. The normalized spacial score (nSPS) is 11.6. The first-order valence-electron chi connectivity index (χ1n) is 5.59. The molecular weight excluding hydrogens is 224 g/mol. The molecule has 0 aliphatic carbocycles. The van der Waals surface area contributed by atoms with Gasteiger partial charge < -0.3 is 0 Å². The topological polar surface area (TPSA) is 43.4 Å². The van der Waals surface area contributed by atoms with E-state index in [1.165, 1.54) is 0 Å². The number of hydrogen-bond acceptors (Lipinski definition) is 3. The third kappa shape index (κ3) is 3.32. The van der Waals surface area contributed by atoms with Crippen molar-refractivity contribution >= 4 is 10.1 Å². The molecule has 0 aromatic heterocycles. The number of benzene rings is 1. The smallest absolute Gasteiger partial charge is 0.266 e. The van der Waals surface area contributed by atoms with E-state index in [2.05, 4.69) is 0 Å². The van der Waals surface area contributed by atoms with Crippen LogP contribution in [0.2, 0.25) is 0 Å². The van der Waals surface area contributed by atoms with E-state index in [1.807, 2.05) is 26.0 Å². The molecule has 0 aliphatic heterocycles. The SMILES string of the molecule is CCCOS(=O)(=O)c1ccccc1CCC. The van der Waals surface area contributed by atoms with Crippen LogP contribution in [0.25, 0.3) is 0 Å². The molecule has 16 heavy (non-hydrogen) atoms. The Hall–Kier alpha value is -0.870. The van der Waals surface area contributed by atoms with Gasteiger partial charge in [-0.3, -0.25) is 4.18 Å². The molecule has 1 rings (SSSR count). The van der Waals surface area contributed by atoms with Gasteiger partial charge in [0.1, 0.15) is 0 Å². The molecule has 0 bridgehead atoms. The lowest BCUT2D eigenvalue weighted by atomic mass is 10.1. The first-order valence-corrected chi connectivity index (χ1v) is 7.00. The van der Waals surface area contributed by atoms with Crippen LogP contribution in [-0.4, -0.2) is 15.0 Å². The van der Waals surface area contributed by atoms with Gasteiger partial charge in [-0.15, -0.1) is 0 Å². The lowest BCUT2D eigenvalue weighted by Gasteiger charge is -2.09. The van der Waals surface area contributed by atoms with Gasteiger partial charge in [0.15, 0.2) is 0 Å². The highest BCUT2D eigenvalue weighted by Crippen LogP contribution is 2.19. The molecule has 1 aromatic carbocycles. The fourth-order valence-electron chi connectivity index (χ4n) is 1.48. The van der Waals surface area contributed by atoms with Gasteiger partial charge in [-0.2, -0.15) is 8.42 Å². The number of hydrogen-bond donors (Lipinski definition) is 0. The van der Waals surface area contributed by atoms with E-state index >= 15 is 0 Å². The van der Waals surface area contributed by atoms with Crippen molar-refractivity contribution in [3.8, 4) is 0 Å². The molecule has 0 aliphatic rings. The highest BCUT2D eigenvalue weighted by atomic mass is 32.2. The molecule has 0 saturated heterocycles. The van der Waals surface area contributed by atoms with E-state index in [9.17, 15) is 8.42 Å². The molecule has 1 aromatic rings. The molecule has 0 amide bonds. The van der Waals surface area contributed by atoms with Crippen molar-refractivity contribution in [2.75, 3.05) is 6.61 Å². The summed E-state index contributed by atoms with van der Waals surface area (Å²) >= 11 is 0. The monoisotopic (exact) mass is 242 g/mol. The van der Waals surface area contributed by atoms with Gasteiger partial charge in [-0.1, -0.05) is 38.5 Å². The van der Waals surface area contributed by atoms with Gasteiger partial charge in [0.25, 0.3) is 10.1 Å². The Balaban J connectivity index is 3.02. The summed E-state index contributed by atoms with van der Waals surface area (Å²) in [5.41, 5.74) is 0.834. The van der Waals surface area contributed by atoms with E-state index in [1.54, 1.807) is 12.1 Å². The summed E-state index contributed by atoms with van der Waals surface area (Å²) in [6.45, 7) is 4.15. The lowest BCUT2D eigenvalue weighted by molar-refractivity contribution is 0.317. The Morgan fingerprint density at radius 1 is 1.12 bits per heavy atom. The van der Waals surface area contributed by atoms with Crippen LogP contribution >= 0.6 is 0 Å². The second kappa shape index (κ2) is 6.01. The second-order valence-corrected chi connectivity index (χ2v) is 5.22. The standard InChI is InChI=1S/C12H18O3S/c1-3-7-11-8-5-6-9-12(11)16(13,14)15-10-4-2/h5-6,8-9H,3-4,7,10H2,1-2H3. The Labute approximate surface area is 97.6 Å². The zero-order valence-electron chi connectivity index (χ0n) is 9.77. The van der Waals surface area contributed by atoms with E-state index in [-0.39, 0.29) is 6.61 Å². The summed E-state index contributed by atoms with van der Waals surface area (Å²) in [7, 11) is -3.58. The van der Waals surface area contributed by atoms with Crippen LogP contribution < -0.4 is 0 Å². The molecule has 0 N–H and O–H groups in total. The summed E-state index contributed by atoms with van der Waals surface area (Å²) in [5, 5.41) is 0. The van der Waals surface area contributed by atoms with Crippen LogP contribution in [-0.2, 0) is 20.7 Å². The van der Waals surface area contributed by atoms with E-state index in [0.29, 0.717) is 11.3 Å². The summed E-state index contributed by atoms with van der Waals surface area (Å²) in [4.78, 5) is 0.310. The van der Waals surface area contributed by atoms with Crippen molar-refractivity contribution in [1.82, 2.24) is 0 Å². The van der Waals surface area contributed by atoms with Crippen molar-refractivity contribution in [3.05, 3.63) is 29.8 Å². The van der Waals surface area contributed by atoms with Gasteiger partial charge in [-0.05, 0) is 24.5 Å². The fourth-order valence-corrected chi connectivity index (χ4v) is 2.73. The number of aryl methyl sites for hydroxylation is 1. The highest BCUT2D eigenvalue weighted by Gasteiger charge is 2.17. The molecule has 0 radical (unpaired) electrons. The minimum absolute atomic E-state index is 0.239. The Kier molecular flexibility index (Phi) is 4.96. The van der Waals surface area contributed by atoms with Crippen molar-refractivity contribution in [2.45, 2.75) is 38.0 Å². The van der Waals surface area contributed by atoms with Crippen molar-refractivity contribution in [2.24, 2.45) is 0 Å². The minimum atomic E-state index is -3.58. The van der Waals surface area contributed by atoms with Crippen LogP contribution in [0, 0.1) is 0 Å². The van der Waals surface area contributed by atoms with Gasteiger partial charge in [-0.25, -0.2) is 0 Å². The van der Waals surface area contributed by atoms with E-state index in [4.69, 9.17) is 4.18 Å². The fraction of sp³-hybridized carbons (Fsp3) is 0.500. The second-order valence-electron chi connectivity index (χ2n) is 3.63. The molecule has 3 nitrogen and oxygen atoms in total. The molecule has 0 spiro atoms. The molecule has 0 saturated carbocycles. The van der Waals surface area contributed by atoms with Crippen LogP contribution in [0.15, 0.2) is 29.2 Å². The van der Waals surface area contributed by atoms with Gasteiger partial charge in [0.2, 0.25) is 0 Å². The minimum Gasteiger partial charge on any atom is -0.266 e. The maximum atomic E-state index is 11.9. The molecule has 0 atom stereocenters. The molecular formula is C12H18O3S. The highest BCUT2D eigenvalue weighted by molar-refractivity contribution is 7.86. The van der Waals surface area contributed by atoms with Crippen LogP contribution in [0.3, 0.4) is 0 Å². The van der Waals surface area contributed by atoms with Gasteiger partial charge >= 0.3 is 0 Å². The third-order valence-corrected chi connectivity index (χ3v) is 3.62. The maximum Gasteiger partial charge on any atom is 0.297 e. The van der Waals surface area contributed by atoms with Crippen molar-refractivity contribution < 1.29 is 12.6 Å². The van der Waals surface area contributed by atoms with E-state index in [0.717, 1.165) is 18.4 Å². The van der Waals surface area contributed by atoms with Gasteiger partial charge in [0, 0.05) is 0 Å². The maximum absolute atomic E-state index is 11.9. The zero-order valence-corrected chi connectivity index (χ0v) is 10.6. The first kappa shape index (κ1) is 13.2. The molecule has 0 unspecified atom stereocenters. The summed E-state index contributed by atoms with van der Waals surface area (Å²) in [6.07, 6.45) is 2.36. The van der Waals surface area contributed by atoms with Crippen LogP contribution in [0.1, 0.15) is 32.3 Å². The lowest BCUT2D eigenvalue weighted by Crippen LogP contribution is -2.09. The molecule has 90 valence electrons. The van der Waals surface area contributed by atoms with Gasteiger partial charge in [0.05, 0.1) is 11.5 Å². The van der Waals surface area contributed by atoms with Crippen LogP contribution in [0.5, 0.6) is 0 Å². The molecule has 0 fully saturated rings. The quantitative estimate of drug-likeness (QED) is 0.720. The predicted molar refractivity (Wildman–Crippen MR) is 63.9 cm³/mol. The summed E-state index contributed by atoms with van der Waals surface area (Å²) in [6, 6.07) is 7.02. The Bertz CT molecular complexity index is 424. The zero-order chi connectivity index (χ0) is 12.0. The first-order chi connectivity index (χ1) is 7.61. The molecule has 0 heterocycles. The van der Waals surface area contributed by atoms with Crippen LogP contribution in [0.4, 0.5) is 0 Å². The predicted octanol–water partition coefficient (Wildman–Crippen LogP) is 2.75. The molecule has 4 heteroatoms. The summed E-state index contributed by atoms with van der Waals surface area (Å²) in [5.74, 6) is 0. The average Bonchev–Trinajstić information content (AvgIpc) is 2.27. The van der Waals surface area contributed by atoms with E-state index < -0.39 is 10.1 Å². The Morgan fingerprint density at radius 3 is 2.44 bits per heavy atom. The van der Waals surface area contributed by atoms with Crippen molar-refractivity contribution in [3.63, 3.8) is 0 Å². The summed E-state index contributed by atoms with van der Waals surface area (Å²) < 4.78 is 28.7. The van der Waals surface area contributed by atoms with Crippen molar-refractivity contribution in [1.29, 1.82) is 0 Å². The Morgan fingerprint density at radius 2 is 1.81 bits per heavy atom. The number of rotatable bonds is 6. The third-order valence-electron chi connectivity index (χ3n) is 2.20.